The Kier molecular flexibility index (Phi) is 6.94. The second-order valence-electron chi connectivity index (χ2n) is 6.47. The Labute approximate surface area is 155 Å². The summed E-state index contributed by atoms with van der Waals surface area (Å²) in [6.07, 6.45) is 1.01. The fraction of sp³-hybridized carbons (Fsp3) is 0.350. The molecule has 0 aliphatic carbocycles. The second kappa shape index (κ2) is 8.96. The van der Waals surface area contributed by atoms with Gasteiger partial charge in [-0.1, -0.05) is 45.0 Å². The van der Waals surface area contributed by atoms with Crippen LogP contribution in [-0.4, -0.2) is 20.9 Å². The highest BCUT2D eigenvalue weighted by Gasteiger charge is 2.14. The molecular weight excluding hydrogens is 348 g/mol. The first-order valence-electron chi connectivity index (χ1n) is 8.80. The lowest BCUT2D eigenvalue weighted by molar-refractivity contribution is -0.116. The van der Waals surface area contributed by atoms with Crippen molar-refractivity contribution in [1.29, 1.82) is 0 Å². The van der Waals surface area contributed by atoms with E-state index in [1.165, 1.54) is 5.56 Å². The van der Waals surface area contributed by atoms with E-state index in [0.717, 1.165) is 12.0 Å². The molecule has 0 spiro atoms. The Balaban J connectivity index is 1.85. The quantitative estimate of drug-likeness (QED) is 0.740. The Hall–Kier alpha value is -2.18. The lowest BCUT2D eigenvalue weighted by Crippen LogP contribution is -2.27. The average Bonchev–Trinajstić information content (AvgIpc) is 2.62. The van der Waals surface area contributed by atoms with E-state index >= 15 is 0 Å². The maximum atomic E-state index is 12.3. The van der Waals surface area contributed by atoms with Gasteiger partial charge in [0.2, 0.25) is 15.9 Å². The van der Waals surface area contributed by atoms with E-state index in [4.69, 9.17) is 0 Å². The second-order valence-corrected chi connectivity index (χ2v) is 8.24. The van der Waals surface area contributed by atoms with E-state index < -0.39 is 10.0 Å². The van der Waals surface area contributed by atoms with Crippen LogP contribution in [0.2, 0.25) is 0 Å². The molecule has 0 unspecified atom stereocenters. The Morgan fingerprint density at radius 2 is 1.62 bits per heavy atom. The minimum atomic E-state index is -3.61. The minimum absolute atomic E-state index is 0.0488. The predicted molar refractivity (Wildman–Crippen MR) is 105 cm³/mol. The van der Waals surface area contributed by atoms with Gasteiger partial charge in [0.05, 0.1) is 4.90 Å². The highest BCUT2D eigenvalue weighted by atomic mass is 32.2. The molecular formula is C20H26N2O3S. The maximum Gasteiger partial charge on any atom is 0.240 e. The van der Waals surface area contributed by atoms with Crippen molar-refractivity contribution in [2.45, 2.75) is 44.4 Å². The normalized spacial score (nSPS) is 11.5. The molecule has 0 aliphatic heterocycles. The van der Waals surface area contributed by atoms with Gasteiger partial charge in [0, 0.05) is 18.7 Å². The molecule has 2 aromatic rings. The molecule has 0 bridgehead atoms. The molecule has 0 radical (unpaired) electrons. The van der Waals surface area contributed by atoms with Crippen LogP contribution in [0.15, 0.2) is 53.4 Å². The average molecular weight is 375 g/mol. The molecule has 0 saturated heterocycles. The molecule has 0 fully saturated rings. The smallest absolute Gasteiger partial charge is 0.240 e. The number of hydrogen-bond acceptors (Lipinski definition) is 3. The van der Waals surface area contributed by atoms with Crippen LogP contribution in [-0.2, 0) is 21.2 Å². The van der Waals surface area contributed by atoms with Crippen molar-refractivity contribution in [1.82, 2.24) is 4.72 Å². The van der Waals surface area contributed by atoms with Gasteiger partial charge < -0.3 is 5.32 Å². The van der Waals surface area contributed by atoms with Crippen molar-refractivity contribution in [3.05, 3.63) is 59.7 Å². The van der Waals surface area contributed by atoms with Gasteiger partial charge in [0.15, 0.2) is 0 Å². The van der Waals surface area contributed by atoms with Gasteiger partial charge in [-0.3, -0.25) is 4.79 Å². The zero-order chi connectivity index (χ0) is 19.2. The summed E-state index contributed by atoms with van der Waals surface area (Å²) in [7, 11) is -3.61. The Morgan fingerprint density at radius 3 is 2.15 bits per heavy atom. The Morgan fingerprint density at radius 1 is 1.00 bits per heavy atom. The van der Waals surface area contributed by atoms with Crippen LogP contribution >= 0.6 is 0 Å². The van der Waals surface area contributed by atoms with E-state index in [0.29, 0.717) is 11.6 Å². The third-order valence-corrected chi connectivity index (χ3v) is 5.62. The highest BCUT2D eigenvalue weighted by molar-refractivity contribution is 7.89. The number of aryl methyl sites for hydroxylation is 1. The number of carbonyl (C=O) groups is 1. The lowest BCUT2D eigenvalue weighted by atomic mass is 10.0. The van der Waals surface area contributed by atoms with Crippen LogP contribution in [0.3, 0.4) is 0 Å². The predicted octanol–water partition coefficient (Wildman–Crippen LogP) is 3.68. The summed E-state index contributed by atoms with van der Waals surface area (Å²) in [5.41, 5.74) is 2.98. The van der Waals surface area contributed by atoms with Gasteiger partial charge in [0.1, 0.15) is 0 Å². The SMILES string of the molecule is CCc1ccc(NC(=O)CCNS(=O)(=O)c2ccc(C(C)C)cc2)cc1. The van der Waals surface area contributed by atoms with E-state index in [1.54, 1.807) is 12.1 Å². The van der Waals surface area contributed by atoms with E-state index in [-0.39, 0.29) is 23.8 Å². The number of nitrogens with one attached hydrogen (secondary N) is 2. The van der Waals surface area contributed by atoms with Gasteiger partial charge >= 0.3 is 0 Å². The van der Waals surface area contributed by atoms with Gasteiger partial charge in [-0.15, -0.1) is 0 Å². The molecule has 140 valence electrons. The summed E-state index contributed by atoms with van der Waals surface area (Å²) >= 11 is 0. The molecule has 5 nitrogen and oxygen atoms in total. The molecule has 6 heteroatoms. The Bertz CT molecular complexity index is 826. The van der Waals surface area contributed by atoms with E-state index in [9.17, 15) is 13.2 Å². The third kappa shape index (κ3) is 5.68. The molecule has 2 aromatic carbocycles. The van der Waals surface area contributed by atoms with Crippen LogP contribution in [0.5, 0.6) is 0 Å². The van der Waals surface area contributed by atoms with E-state index in [2.05, 4.69) is 30.8 Å². The molecule has 0 aromatic heterocycles. The largest absolute Gasteiger partial charge is 0.326 e. The van der Waals surface area contributed by atoms with Crippen molar-refractivity contribution >= 4 is 21.6 Å². The summed E-state index contributed by atoms with van der Waals surface area (Å²) in [6, 6.07) is 14.4. The summed E-state index contributed by atoms with van der Waals surface area (Å²) < 4.78 is 27.0. The van der Waals surface area contributed by atoms with Crippen LogP contribution in [0.4, 0.5) is 5.69 Å². The summed E-state index contributed by atoms with van der Waals surface area (Å²) in [5, 5.41) is 2.77. The first-order chi connectivity index (χ1) is 12.3. The number of sulfonamides is 1. The van der Waals surface area contributed by atoms with Crippen molar-refractivity contribution < 1.29 is 13.2 Å². The first-order valence-corrected chi connectivity index (χ1v) is 10.3. The fourth-order valence-electron chi connectivity index (χ4n) is 2.46. The summed E-state index contributed by atoms with van der Waals surface area (Å²) in [5.74, 6) is 0.113. The number of rotatable bonds is 8. The van der Waals surface area contributed by atoms with Gasteiger partial charge in [-0.25, -0.2) is 13.1 Å². The van der Waals surface area contributed by atoms with Gasteiger partial charge in [-0.05, 0) is 47.7 Å². The van der Waals surface area contributed by atoms with Crippen LogP contribution in [0.1, 0.15) is 44.2 Å². The molecule has 2 rings (SSSR count). The van der Waals surface area contributed by atoms with Crippen molar-refractivity contribution in [3.8, 4) is 0 Å². The standard InChI is InChI=1S/C20H26N2O3S/c1-4-16-5-9-18(10-6-16)22-20(23)13-14-21-26(24,25)19-11-7-17(8-12-19)15(2)3/h5-12,15,21H,4,13-14H2,1-3H3,(H,22,23). The van der Waals surface area contributed by atoms with E-state index in [1.807, 2.05) is 36.4 Å². The molecule has 0 atom stereocenters. The molecule has 0 heterocycles. The molecule has 0 aliphatic rings. The van der Waals surface area contributed by atoms with Crippen LogP contribution in [0, 0.1) is 0 Å². The van der Waals surface area contributed by atoms with Crippen LogP contribution < -0.4 is 10.0 Å². The van der Waals surface area contributed by atoms with Crippen molar-refractivity contribution in [2.75, 3.05) is 11.9 Å². The molecule has 26 heavy (non-hydrogen) atoms. The summed E-state index contributed by atoms with van der Waals surface area (Å²) in [4.78, 5) is 12.2. The van der Waals surface area contributed by atoms with Crippen molar-refractivity contribution in [3.63, 3.8) is 0 Å². The zero-order valence-electron chi connectivity index (χ0n) is 15.5. The summed E-state index contributed by atoms with van der Waals surface area (Å²) in [6.45, 7) is 6.22. The third-order valence-electron chi connectivity index (χ3n) is 4.15. The van der Waals surface area contributed by atoms with Gasteiger partial charge in [-0.2, -0.15) is 0 Å². The highest BCUT2D eigenvalue weighted by Crippen LogP contribution is 2.17. The monoisotopic (exact) mass is 374 g/mol. The van der Waals surface area contributed by atoms with Crippen LogP contribution in [0.25, 0.3) is 0 Å². The first kappa shape index (κ1) is 20.1. The number of amides is 1. The molecule has 1 amide bonds. The number of hydrogen-bond donors (Lipinski definition) is 2. The molecule has 2 N–H and O–H groups in total. The topological polar surface area (TPSA) is 75.3 Å². The zero-order valence-corrected chi connectivity index (χ0v) is 16.3. The van der Waals surface area contributed by atoms with Gasteiger partial charge in [0.25, 0.3) is 0 Å². The number of carbonyl (C=O) groups excluding carboxylic acids is 1. The van der Waals surface area contributed by atoms with Crippen molar-refractivity contribution in [2.24, 2.45) is 0 Å². The maximum absolute atomic E-state index is 12.3. The number of anilines is 1. The number of benzene rings is 2. The minimum Gasteiger partial charge on any atom is -0.326 e. The lowest BCUT2D eigenvalue weighted by Gasteiger charge is -2.10. The molecule has 0 saturated carbocycles. The fourth-order valence-corrected chi connectivity index (χ4v) is 3.49.